The Labute approximate surface area is 117 Å². The van der Waals surface area contributed by atoms with E-state index < -0.39 is 0 Å². The Balaban J connectivity index is 2.10. The Bertz CT molecular complexity index is 576. The van der Waals surface area contributed by atoms with Crippen LogP contribution in [0.1, 0.15) is 11.1 Å². The molecule has 0 bridgehead atoms. The van der Waals surface area contributed by atoms with Gasteiger partial charge in [0.05, 0.1) is 11.3 Å². The highest BCUT2D eigenvalue weighted by atomic mass is 32.2. The molecule has 2 rings (SSSR count). The zero-order valence-corrected chi connectivity index (χ0v) is 11.5. The smallest absolute Gasteiger partial charge is 0.101 e. The molecule has 0 radical (unpaired) electrons. The third kappa shape index (κ3) is 3.75. The minimum Gasteiger partial charge on any atom is -0.380 e. The summed E-state index contributed by atoms with van der Waals surface area (Å²) in [6.07, 6.45) is 0. The molecule has 2 aromatic carbocycles. The van der Waals surface area contributed by atoms with Crippen molar-refractivity contribution in [3.63, 3.8) is 0 Å². The third-order valence-corrected chi connectivity index (χ3v) is 3.35. The van der Waals surface area contributed by atoms with Crippen LogP contribution in [0.5, 0.6) is 0 Å². The molecule has 3 nitrogen and oxygen atoms in total. The van der Waals surface area contributed by atoms with Crippen molar-refractivity contribution in [3.05, 3.63) is 59.7 Å². The van der Waals surface area contributed by atoms with Crippen LogP contribution in [0.4, 0.5) is 5.69 Å². The lowest BCUT2D eigenvalue weighted by Gasteiger charge is -2.09. The van der Waals surface area contributed by atoms with Gasteiger partial charge < -0.3 is 5.32 Å². The number of rotatable bonds is 5. The van der Waals surface area contributed by atoms with E-state index in [0.717, 1.165) is 10.6 Å². The Morgan fingerprint density at radius 1 is 1.16 bits per heavy atom. The van der Waals surface area contributed by atoms with Gasteiger partial charge in [0, 0.05) is 11.4 Å². The van der Waals surface area contributed by atoms with Gasteiger partial charge in [-0.25, -0.2) is 0 Å². The van der Waals surface area contributed by atoms with E-state index in [4.69, 9.17) is 0 Å². The average molecular weight is 269 g/mol. The summed E-state index contributed by atoms with van der Waals surface area (Å²) in [5.41, 5.74) is 2.73. The largest absolute Gasteiger partial charge is 0.380 e. The molecule has 0 atom stereocenters. The van der Waals surface area contributed by atoms with Crippen molar-refractivity contribution in [1.29, 1.82) is 5.26 Å². The normalized spacial score (nSPS) is 9.89. The fourth-order valence-corrected chi connectivity index (χ4v) is 2.29. The van der Waals surface area contributed by atoms with E-state index in [1.165, 1.54) is 17.5 Å². The van der Waals surface area contributed by atoms with Crippen LogP contribution < -0.4 is 10.0 Å². The maximum absolute atomic E-state index is 9.19. The van der Waals surface area contributed by atoms with E-state index in [1.54, 1.807) is 0 Å². The highest BCUT2D eigenvalue weighted by molar-refractivity contribution is 7.97. The molecule has 19 heavy (non-hydrogen) atoms. The maximum Gasteiger partial charge on any atom is 0.101 e. The van der Waals surface area contributed by atoms with Crippen LogP contribution in [0, 0.1) is 11.3 Å². The summed E-state index contributed by atoms with van der Waals surface area (Å²) >= 11 is 1.50. The quantitative estimate of drug-likeness (QED) is 0.817. The van der Waals surface area contributed by atoms with Gasteiger partial charge in [-0.05, 0) is 42.8 Å². The molecular weight excluding hydrogens is 254 g/mol. The predicted octanol–water partition coefficient (Wildman–Crippen LogP) is 3.40. The lowest BCUT2D eigenvalue weighted by molar-refractivity contribution is 1.14. The summed E-state index contributed by atoms with van der Waals surface area (Å²) in [4.78, 5) is 1.03. The molecule has 0 amide bonds. The highest BCUT2D eigenvalue weighted by Gasteiger charge is 2.03. The van der Waals surface area contributed by atoms with Crippen LogP contribution in [-0.4, -0.2) is 7.05 Å². The fourth-order valence-electron chi connectivity index (χ4n) is 1.74. The predicted molar refractivity (Wildman–Crippen MR) is 79.8 cm³/mol. The van der Waals surface area contributed by atoms with Crippen molar-refractivity contribution in [2.75, 3.05) is 12.4 Å². The van der Waals surface area contributed by atoms with E-state index in [-0.39, 0.29) is 0 Å². The Hall–Kier alpha value is -1.96. The summed E-state index contributed by atoms with van der Waals surface area (Å²) in [5.74, 6) is 0. The number of nitriles is 1. The second-order valence-electron chi connectivity index (χ2n) is 3.96. The lowest BCUT2D eigenvalue weighted by atomic mass is 10.1. The van der Waals surface area contributed by atoms with Crippen molar-refractivity contribution >= 4 is 17.6 Å². The van der Waals surface area contributed by atoms with Crippen molar-refractivity contribution in [3.8, 4) is 6.07 Å². The summed E-state index contributed by atoms with van der Waals surface area (Å²) in [6, 6.07) is 18.2. The number of benzene rings is 2. The fraction of sp³-hybridized carbons (Fsp3) is 0.133. The van der Waals surface area contributed by atoms with Gasteiger partial charge in [0.2, 0.25) is 0 Å². The molecular formula is C15H15N3S. The Morgan fingerprint density at radius 2 is 1.95 bits per heavy atom. The van der Waals surface area contributed by atoms with Gasteiger partial charge >= 0.3 is 0 Å². The summed E-state index contributed by atoms with van der Waals surface area (Å²) in [5, 5.41) is 12.5. The van der Waals surface area contributed by atoms with Crippen LogP contribution in [0.2, 0.25) is 0 Å². The van der Waals surface area contributed by atoms with Crippen LogP contribution in [-0.2, 0) is 6.54 Å². The minimum atomic E-state index is 0.663. The average Bonchev–Trinajstić information content (AvgIpc) is 2.47. The number of hydrogen-bond donors (Lipinski definition) is 2. The van der Waals surface area contributed by atoms with E-state index in [1.807, 2.05) is 43.4 Å². The summed E-state index contributed by atoms with van der Waals surface area (Å²) in [7, 11) is 1.86. The molecule has 0 aromatic heterocycles. The van der Waals surface area contributed by atoms with E-state index in [9.17, 15) is 5.26 Å². The summed E-state index contributed by atoms with van der Waals surface area (Å²) < 4.78 is 3.00. The van der Waals surface area contributed by atoms with Gasteiger partial charge in [0.1, 0.15) is 6.07 Å². The van der Waals surface area contributed by atoms with Crippen LogP contribution >= 0.6 is 11.9 Å². The van der Waals surface area contributed by atoms with Crippen molar-refractivity contribution < 1.29 is 0 Å². The van der Waals surface area contributed by atoms with Crippen LogP contribution in [0.3, 0.4) is 0 Å². The maximum atomic E-state index is 9.19. The number of nitrogens with one attached hydrogen (secondary N) is 2. The lowest BCUT2D eigenvalue weighted by Crippen LogP contribution is -2.01. The Morgan fingerprint density at radius 3 is 2.63 bits per heavy atom. The second kappa shape index (κ2) is 6.83. The molecule has 4 heteroatoms. The standard InChI is InChI=1S/C15H15N3S/c1-17-19-14-7-8-15(13(9-14)10-16)18-11-12-5-3-2-4-6-12/h2-9,17-18H,11H2,1H3. The van der Waals surface area contributed by atoms with Gasteiger partial charge in [-0.3, -0.25) is 4.72 Å². The number of anilines is 1. The molecule has 0 spiro atoms. The highest BCUT2D eigenvalue weighted by Crippen LogP contribution is 2.22. The van der Waals surface area contributed by atoms with E-state index in [0.29, 0.717) is 12.1 Å². The minimum absolute atomic E-state index is 0.663. The zero-order chi connectivity index (χ0) is 13.5. The molecule has 0 unspecified atom stereocenters. The first-order valence-corrected chi connectivity index (χ1v) is 6.80. The third-order valence-electron chi connectivity index (χ3n) is 2.66. The van der Waals surface area contributed by atoms with Gasteiger partial charge in [0.15, 0.2) is 0 Å². The second-order valence-corrected chi connectivity index (χ2v) is 5.05. The molecule has 0 aliphatic carbocycles. The molecule has 0 fully saturated rings. The first-order valence-electron chi connectivity index (χ1n) is 5.99. The first kappa shape index (κ1) is 13.5. The van der Waals surface area contributed by atoms with Gasteiger partial charge in [-0.1, -0.05) is 30.3 Å². The zero-order valence-electron chi connectivity index (χ0n) is 10.7. The molecule has 2 N–H and O–H groups in total. The summed E-state index contributed by atoms with van der Waals surface area (Å²) in [6.45, 7) is 0.716. The van der Waals surface area contributed by atoms with Crippen molar-refractivity contribution in [2.45, 2.75) is 11.4 Å². The van der Waals surface area contributed by atoms with Gasteiger partial charge in [-0.2, -0.15) is 5.26 Å². The van der Waals surface area contributed by atoms with Crippen LogP contribution in [0.25, 0.3) is 0 Å². The van der Waals surface area contributed by atoms with Gasteiger partial charge in [-0.15, -0.1) is 0 Å². The van der Waals surface area contributed by atoms with Crippen LogP contribution in [0.15, 0.2) is 53.4 Å². The molecule has 0 aliphatic rings. The topological polar surface area (TPSA) is 47.8 Å². The molecule has 0 saturated heterocycles. The van der Waals surface area contributed by atoms with E-state index >= 15 is 0 Å². The number of nitrogens with zero attached hydrogens (tertiary/aromatic N) is 1. The van der Waals surface area contributed by atoms with E-state index in [2.05, 4.69) is 28.2 Å². The Kier molecular flexibility index (Phi) is 4.85. The molecule has 0 saturated carbocycles. The molecule has 96 valence electrons. The molecule has 0 heterocycles. The molecule has 0 aliphatic heterocycles. The SMILES string of the molecule is CNSc1ccc(NCc2ccccc2)c(C#N)c1. The van der Waals surface area contributed by atoms with Crippen molar-refractivity contribution in [2.24, 2.45) is 0 Å². The first-order chi connectivity index (χ1) is 9.33. The van der Waals surface area contributed by atoms with Gasteiger partial charge in [0.25, 0.3) is 0 Å². The van der Waals surface area contributed by atoms with Crippen molar-refractivity contribution in [1.82, 2.24) is 4.72 Å². The molecule has 2 aromatic rings. The number of hydrogen-bond acceptors (Lipinski definition) is 4. The monoisotopic (exact) mass is 269 g/mol.